The Labute approximate surface area is 90.5 Å². The van der Waals surface area contributed by atoms with E-state index in [0.717, 1.165) is 12.1 Å². The van der Waals surface area contributed by atoms with Gasteiger partial charge in [-0.3, -0.25) is 0 Å². The Bertz CT molecular complexity index is 429. The van der Waals surface area contributed by atoms with Crippen molar-refractivity contribution < 1.29 is 8.42 Å². The number of nitrogens with two attached hydrogens (primary N) is 1. The Morgan fingerprint density at radius 2 is 2.13 bits per heavy atom. The van der Waals surface area contributed by atoms with E-state index >= 15 is 0 Å². The maximum absolute atomic E-state index is 11.1. The van der Waals surface area contributed by atoms with E-state index in [4.69, 9.17) is 5.14 Å². The van der Waals surface area contributed by atoms with Gasteiger partial charge in [0, 0.05) is 6.04 Å². The van der Waals surface area contributed by atoms with Crippen molar-refractivity contribution in [3.05, 3.63) is 29.8 Å². The monoisotopic (exact) mass is 228 g/mol. The number of sulfonamides is 1. The Kier molecular flexibility index (Phi) is 3.84. The van der Waals surface area contributed by atoms with Crippen molar-refractivity contribution >= 4 is 10.0 Å². The molecule has 3 N–H and O–H groups in total. The molecule has 0 spiro atoms. The summed E-state index contributed by atoms with van der Waals surface area (Å²) >= 11 is 0. The standard InChI is InChI=1S/C10H16N2O2S/c1-3-12-8(2)9-5-4-6-10(7-9)15(11,13)14/h4-8,12H,3H2,1-2H3,(H2,11,13,14). The number of benzene rings is 1. The van der Waals surface area contributed by atoms with Gasteiger partial charge in [0.15, 0.2) is 0 Å². The van der Waals surface area contributed by atoms with Gasteiger partial charge in [-0.15, -0.1) is 0 Å². The van der Waals surface area contributed by atoms with Gasteiger partial charge in [0.2, 0.25) is 10.0 Å². The molecular weight excluding hydrogens is 212 g/mol. The molecule has 0 amide bonds. The highest BCUT2D eigenvalue weighted by Crippen LogP contribution is 2.16. The molecule has 15 heavy (non-hydrogen) atoms. The van der Waals surface area contributed by atoms with Crippen LogP contribution < -0.4 is 10.5 Å². The fourth-order valence-corrected chi connectivity index (χ4v) is 1.95. The van der Waals surface area contributed by atoms with Crippen LogP contribution in [0.15, 0.2) is 29.2 Å². The van der Waals surface area contributed by atoms with Crippen LogP contribution in [0.25, 0.3) is 0 Å². The quantitative estimate of drug-likeness (QED) is 0.807. The zero-order valence-electron chi connectivity index (χ0n) is 8.90. The second kappa shape index (κ2) is 4.74. The van der Waals surface area contributed by atoms with E-state index in [1.807, 2.05) is 19.9 Å². The van der Waals surface area contributed by atoms with Crippen LogP contribution in [0.4, 0.5) is 0 Å². The number of primary sulfonamides is 1. The van der Waals surface area contributed by atoms with Crippen molar-refractivity contribution in [2.75, 3.05) is 6.54 Å². The summed E-state index contributed by atoms with van der Waals surface area (Å²) in [6.45, 7) is 4.81. The molecule has 1 unspecified atom stereocenters. The molecule has 0 aliphatic rings. The van der Waals surface area contributed by atoms with Crippen LogP contribution in [0.3, 0.4) is 0 Å². The van der Waals surface area contributed by atoms with Gasteiger partial charge in [-0.2, -0.15) is 0 Å². The summed E-state index contributed by atoms with van der Waals surface area (Å²) in [4.78, 5) is 0.157. The summed E-state index contributed by atoms with van der Waals surface area (Å²) in [6, 6.07) is 6.79. The first-order valence-corrected chi connectivity index (χ1v) is 6.36. The smallest absolute Gasteiger partial charge is 0.238 e. The van der Waals surface area contributed by atoms with Gasteiger partial charge >= 0.3 is 0 Å². The van der Waals surface area contributed by atoms with E-state index in [-0.39, 0.29) is 10.9 Å². The third kappa shape index (κ3) is 3.30. The van der Waals surface area contributed by atoms with E-state index in [0.29, 0.717) is 0 Å². The predicted octanol–water partition coefficient (Wildman–Crippen LogP) is 1.00. The van der Waals surface area contributed by atoms with Crippen LogP contribution in [0.2, 0.25) is 0 Å². The summed E-state index contributed by atoms with van der Waals surface area (Å²) in [6.07, 6.45) is 0. The highest BCUT2D eigenvalue weighted by atomic mass is 32.2. The van der Waals surface area contributed by atoms with Crippen molar-refractivity contribution in [3.63, 3.8) is 0 Å². The molecule has 0 saturated carbocycles. The fraction of sp³-hybridized carbons (Fsp3) is 0.400. The van der Waals surface area contributed by atoms with Gasteiger partial charge in [-0.05, 0) is 31.2 Å². The molecule has 0 heterocycles. The molecule has 1 atom stereocenters. The summed E-state index contributed by atoms with van der Waals surface area (Å²) in [5, 5.41) is 8.26. The molecule has 84 valence electrons. The minimum absolute atomic E-state index is 0.122. The summed E-state index contributed by atoms with van der Waals surface area (Å²) in [7, 11) is -3.60. The molecule has 0 fully saturated rings. The molecule has 0 radical (unpaired) electrons. The maximum atomic E-state index is 11.1. The lowest BCUT2D eigenvalue weighted by atomic mass is 10.1. The van der Waals surface area contributed by atoms with E-state index in [1.165, 1.54) is 6.07 Å². The van der Waals surface area contributed by atoms with Crippen molar-refractivity contribution in [1.82, 2.24) is 5.32 Å². The maximum Gasteiger partial charge on any atom is 0.238 e. The first kappa shape index (κ1) is 12.2. The van der Waals surface area contributed by atoms with Gasteiger partial charge in [0.1, 0.15) is 0 Å². The van der Waals surface area contributed by atoms with Gasteiger partial charge in [-0.25, -0.2) is 13.6 Å². The van der Waals surface area contributed by atoms with Gasteiger partial charge in [-0.1, -0.05) is 19.1 Å². The SMILES string of the molecule is CCNC(C)c1cccc(S(N)(=O)=O)c1. The first-order valence-electron chi connectivity index (χ1n) is 4.81. The van der Waals surface area contributed by atoms with Crippen LogP contribution in [-0.2, 0) is 10.0 Å². The molecule has 1 rings (SSSR count). The molecule has 0 aliphatic carbocycles. The normalized spacial score (nSPS) is 13.8. The molecule has 0 saturated heterocycles. The fourth-order valence-electron chi connectivity index (χ4n) is 1.38. The third-order valence-electron chi connectivity index (χ3n) is 2.20. The Hall–Kier alpha value is -0.910. The van der Waals surface area contributed by atoms with E-state index < -0.39 is 10.0 Å². The average Bonchev–Trinajstić information content (AvgIpc) is 2.17. The highest BCUT2D eigenvalue weighted by molar-refractivity contribution is 7.89. The van der Waals surface area contributed by atoms with Gasteiger partial charge in [0.25, 0.3) is 0 Å². The number of nitrogens with one attached hydrogen (secondary N) is 1. The second-order valence-corrected chi connectivity index (χ2v) is 4.96. The summed E-state index contributed by atoms with van der Waals surface area (Å²) in [5.74, 6) is 0. The molecule has 0 aliphatic heterocycles. The molecule has 1 aromatic carbocycles. The predicted molar refractivity (Wildman–Crippen MR) is 59.9 cm³/mol. The number of hydrogen-bond acceptors (Lipinski definition) is 3. The van der Waals surface area contributed by atoms with Gasteiger partial charge < -0.3 is 5.32 Å². The Morgan fingerprint density at radius 1 is 1.47 bits per heavy atom. The Morgan fingerprint density at radius 3 is 2.67 bits per heavy atom. The lowest BCUT2D eigenvalue weighted by Gasteiger charge is -2.13. The Balaban J connectivity index is 3.03. The zero-order valence-corrected chi connectivity index (χ0v) is 9.71. The van der Waals surface area contributed by atoms with Crippen LogP contribution in [-0.4, -0.2) is 15.0 Å². The van der Waals surface area contributed by atoms with Crippen LogP contribution >= 0.6 is 0 Å². The lowest BCUT2D eigenvalue weighted by Crippen LogP contribution is -2.18. The average molecular weight is 228 g/mol. The van der Waals surface area contributed by atoms with E-state index in [2.05, 4.69) is 5.32 Å². The topological polar surface area (TPSA) is 72.2 Å². The van der Waals surface area contributed by atoms with Crippen molar-refractivity contribution in [1.29, 1.82) is 0 Å². The van der Waals surface area contributed by atoms with E-state index in [9.17, 15) is 8.42 Å². The zero-order chi connectivity index (χ0) is 11.5. The second-order valence-electron chi connectivity index (χ2n) is 3.40. The molecule has 0 bridgehead atoms. The molecule has 5 heteroatoms. The summed E-state index contributed by atoms with van der Waals surface area (Å²) < 4.78 is 22.2. The number of hydrogen-bond donors (Lipinski definition) is 2. The van der Waals surface area contributed by atoms with Gasteiger partial charge in [0.05, 0.1) is 4.90 Å². The molecule has 1 aromatic rings. The van der Waals surface area contributed by atoms with Crippen molar-refractivity contribution in [3.8, 4) is 0 Å². The van der Waals surface area contributed by atoms with Crippen molar-refractivity contribution in [2.45, 2.75) is 24.8 Å². The highest BCUT2D eigenvalue weighted by Gasteiger charge is 2.10. The lowest BCUT2D eigenvalue weighted by molar-refractivity contribution is 0.590. The molecule has 4 nitrogen and oxygen atoms in total. The summed E-state index contributed by atoms with van der Waals surface area (Å²) in [5.41, 5.74) is 0.920. The van der Waals surface area contributed by atoms with Crippen LogP contribution in [0, 0.1) is 0 Å². The minimum atomic E-state index is -3.60. The molecular formula is C10H16N2O2S. The minimum Gasteiger partial charge on any atom is -0.310 e. The number of rotatable bonds is 4. The largest absolute Gasteiger partial charge is 0.310 e. The third-order valence-corrected chi connectivity index (χ3v) is 3.11. The van der Waals surface area contributed by atoms with Crippen molar-refractivity contribution in [2.24, 2.45) is 5.14 Å². The van der Waals surface area contributed by atoms with Crippen LogP contribution in [0.5, 0.6) is 0 Å². The first-order chi connectivity index (χ1) is 6.95. The van der Waals surface area contributed by atoms with Crippen LogP contribution in [0.1, 0.15) is 25.5 Å². The molecule has 0 aromatic heterocycles. The van der Waals surface area contributed by atoms with E-state index in [1.54, 1.807) is 12.1 Å².